The van der Waals surface area contributed by atoms with Gasteiger partial charge in [-0.2, -0.15) is 0 Å². The summed E-state index contributed by atoms with van der Waals surface area (Å²) in [7, 11) is 2.74. The van der Waals surface area contributed by atoms with Gasteiger partial charge in [-0.3, -0.25) is 4.79 Å². The minimum Gasteiger partial charge on any atom is -0.494 e. The number of carbonyl (C=O) groups excluding carboxylic acids is 1. The number of ether oxygens (including phenoxy) is 2. The molecule has 7 heteroatoms. The minimum atomic E-state index is -0.455. The molecular formula is C13H13FN2O3S. The lowest BCUT2D eigenvalue weighted by atomic mass is 10.3. The van der Waals surface area contributed by atoms with Gasteiger partial charge in [-0.25, -0.2) is 9.37 Å². The Labute approximate surface area is 119 Å². The number of benzene rings is 1. The van der Waals surface area contributed by atoms with Crippen molar-refractivity contribution in [2.24, 2.45) is 0 Å². The van der Waals surface area contributed by atoms with Crippen LogP contribution >= 0.6 is 11.3 Å². The normalized spacial score (nSPS) is 10.2. The molecule has 0 atom stereocenters. The number of methoxy groups -OCH3 is 2. The Morgan fingerprint density at radius 2 is 2.25 bits per heavy atom. The summed E-state index contributed by atoms with van der Waals surface area (Å²) >= 11 is 1.33. The molecule has 1 aromatic carbocycles. The van der Waals surface area contributed by atoms with E-state index in [1.165, 1.54) is 37.7 Å². The lowest BCUT2D eigenvalue weighted by Gasteiger charge is -2.05. The summed E-state index contributed by atoms with van der Waals surface area (Å²) in [5.74, 6) is -0.623. The number of nitrogens with one attached hydrogen (secondary N) is 1. The summed E-state index contributed by atoms with van der Waals surface area (Å²) in [6, 6.07) is 4.53. The second-order valence-electron chi connectivity index (χ2n) is 3.87. The number of thiazole rings is 1. The van der Waals surface area contributed by atoms with Crippen LogP contribution in [0.2, 0.25) is 0 Å². The number of hydrogen-bond donors (Lipinski definition) is 1. The Kier molecular flexibility index (Phi) is 4.52. The maximum atomic E-state index is 13.5. The van der Waals surface area contributed by atoms with Crippen LogP contribution in [0.25, 0.3) is 0 Å². The quantitative estimate of drug-likeness (QED) is 0.860. The predicted octanol–water partition coefficient (Wildman–Crippen LogP) is 2.75. The lowest BCUT2D eigenvalue weighted by molar-refractivity contribution is -0.139. The average molecular weight is 296 g/mol. The Bertz CT molecular complexity index is 615. The summed E-state index contributed by atoms with van der Waals surface area (Å²) in [5, 5.41) is 5.29. The van der Waals surface area contributed by atoms with Crippen LogP contribution in [0.5, 0.6) is 5.75 Å². The lowest BCUT2D eigenvalue weighted by Crippen LogP contribution is -2.04. The number of nitrogens with zero attached hydrogens (tertiary/aromatic N) is 1. The third kappa shape index (κ3) is 3.45. The molecule has 5 nitrogen and oxygen atoms in total. The van der Waals surface area contributed by atoms with Gasteiger partial charge in [0.25, 0.3) is 0 Å². The molecule has 1 heterocycles. The smallest absolute Gasteiger partial charge is 0.311 e. The van der Waals surface area contributed by atoms with E-state index in [4.69, 9.17) is 4.74 Å². The third-order valence-electron chi connectivity index (χ3n) is 2.51. The first-order valence-corrected chi connectivity index (χ1v) is 6.62. The van der Waals surface area contributed by atoms with E-state index >= 15 is 0 Å². The predicted molar refractivity (Wildman–Crippen MR) is 74.1 cm³/mol. The number of aromatic nitrogens is 1. The minimum absolute atomic E-state index is 0.117. The van der Waals surface area contributed by atoms with Crippen LogP contribution in [-0.4, -0.2) is 25.2 Å². The molecule has 1 aromatic heterocycles. The van der Waals surface area contributed by atoms with Crippen LogP contribution in [0.4, 0.5) is 15.2 Å². The molecule has 0 radical (unpaired) electrons. The Hall–Kier alpha value is -2.15. The van der Waals surface area contributed by atoms with Gasteiger partial charge in [-0.05, 0) is 12.1 Å². The van der Waals surface area contributed by atoms with Gasteiger partial charge in [0.1, 0.15) is 0 Å². The second-order valence-corrected chi connectivity index (χ2v) is 4.73. The van der Waals surface area contributed by atoms with Crippen LogP contribution in [0, 0.1) is 5.82 Å². The van der Waals surface area contributed by atoms with E-state index in [2.05, 4.69) is 15.0 Å². The van der Waals surface area contributed by atoms with Crippen molar-refractivity contribution in [1.29, 1.82) is 0 Å². The van der Waals surface area contributed by atoms with Crippen molar-refractivity contribution in [1.82, 2.24) is 4.98 Å². The molecule has 106 valence electrons. The first-order chi connectivity index (χ1) is 9.62. The fourth-order valence-electron chi connectivity index (χ4n) is 1.53. The molecule has 2 aromatic rings. The molecule has 0 aliphatic carbocycles. The summed E-state index contributed by atoms with van der Waals surface area (Å²) in [6.07, 6.45) is 0.117. The van der Waals surface area contributed by atoms with Gasteiger partial charge in [0.15, 0.2) is 16.7 Å². The Morgan fingerprint density at radius 1 is 1.45 bits per heavy atom. The van der Waals surface area contributed by atoms with Gasteiger partial charge < -0.3 is 14.8 Å². The highest BCUT2D eigenvalue weighted by Crippen LogP contribution is 2.25. The van der Waals surface area contributed by atoms with Crippen LogP contribution < -0.4 is 10.1 Å². The van der Waals surface area contributed by atoms with Crippen LogP contribution in [-0.2, 0) is 16.0 Å². The highest BCUT2D eigenvalue weighted by molar-refractivity contribution is 7.13. The highest BCUT2D eigenvalue weighted by Gasteiger charge is 2.09. The van der Waals surface area contributed by atoms with Crippen LogP contribution in [0.3, 0.4) is 0 Å². The number of halogens is 1. The number of anilines is 2. The fourth-order valence-corrected chi connectivity index (χ4v) is 2.26. The summed E-state index contributed by atoms with van der Waals surface area (Å²) in [6.45, 7) is 0. The third-order valence-corrected chi connectivity index (χ3v) is 3.31. The molecule has 0 amide bonds. The molecule has 2 rings (SSSR count). The molecule has 0 spiro atoms. The van der Waals surface area contributed by atoms with Gasteiger partial charge in [-0.15, -0.1) is 11.3 Å². The van der Waals surface area contributed by atoms with Gasteiger partial charge in [0.05, 0.1) is 26.3 Å². The highest BCUT2D eigenvalue weighted by atomic mass is 32.1. The van der Waals surface area contributed by atoms with Crippen molar-refractivity contribution >= 4 is 28.1 Å². The van der Waals surface area contributed by atoms with E-state index in [1.54, 1.807) is 11.4 Å². The van der Waals surface area contributed by atoms with E-state index in [9.17, 15) is 9.18 Å². The zero-order valence-electron chi connectivity index (χ0n) is 11.0. The topological polar surface area (TPSA) is 60.5 Å². The van der Waals surface area contributed by atoms with E-state index in [0.29, 0.717) is 16.5 Å². The Balaban J connectivity index is 2.06. The van der Waals surface area contributed by atoms with Crippen LogP contribution in [0.1, 0.15) is 5.69 Å². The summed E-state index contributed by atoms with van der Waals surface area (Å²) < 4.78 is 22.9. The zero-order valence-corrected chi connectivity index (χ0v) is 11.8. The molecule has 1 N–H and O–H groups in total. The number of carbonyl (C=O) groups is 1. The SMILES string of the molecule is COC(=O)Cc1csc(Nc2ccc(OC)c(F)c2)n1. The average Bonchev–Trinajstić information content (AvgIpc) is 2.86. The van der Waals surface area contributed by atoms with Crippen molar-refractivity contribution in [3.8, 4) is 5.75 Å². The van der Waals surface area contributed by atoms with Crippen molar-refractivity contribution in [2.75, 3.05) is 19.5 Å². The molecule has 0 saturated heterocycles. The molecule has 0 unspecified atom stereocenters. The van der Waals surface area contributed by atoms with Crippen LogP contribution in [0.15, 0.2) is 23.6 Å². The molecule has 0 saturated carbocycles. The second kappa shape index (κ2) is 6.33. The van der Waals surface area contributed by atoms with Gasteiger partial charge >= 0.3 is 5.97 Å². The molecule has 0 bridgehead atoms. The molecule has 20 heavy (non-hydrogen) atoms. The van der Waals surface area contributed by atoms with E-state index in [1.807, 2.05) is 0 Å². The first kappa shape index (κ1) is 14.3. The standard InChI is InChI=1S/C13H13FN2O3S/c1-18-11-4-3-8(5-10(11)14)15-13-16-9(7-20-13)6-12(17)19-2/h3-5,7H,6H2,1-2H3,(H,15,16). The summed E-state index contributed by atoms with van der Waals surface area (Å²) in [4.78, 5) is 15.3. The number of rotatable bonds is 5. The maximum absolute atomic E-state index is 13.5. The van der Waals surface area contributed by atoms with Crippen molar-refractivity contribution in [3.05, 3.63) is 35.1 Å². The number of hydrogen-bond acceptors (Lipinski definition) is 6. The Morgan fingerprint density at radius 3 is 2.90 bits per heavy atom. The van der Waals surface area contributed by atoms with Crippen molar-refractivity contribution < 1.29 is 18.7 Å². The van der Waals surface area contributed by atoms with E-state index in [0.717, 1.165) is 0 Å². The monoisotopic (exact) mass is 296 g/mol. The molecule has 0 fully saturated rings. The number of esters is 1. The first-order valence-electron chi connectivity index (χ1n) is 5.74. The largest absolute Gasteiger partial charge is 0.494 e. The molecule has 0 aliphatic rings. The van der Waals surface area contributed by atoms with Crippen molar-refractivity contribution in [3.63, 3.8) is 0 Å². The summed E-state index contributed by atoms with van der Waals surface area (Å²) in [5.41, 5.74) is 1.17. The van der Waals surface area contributed by atoms with Gasteiger partial charge in [-0.1, -0.05) is 0 Å². The maximum Gasteiger partial charge on any atom is 0.311 e. The van der Waals surface area contributed by atoms with Gasteiger partial charge in [0, 0.05) is 17.1 Å². The molecular weight excluding hydrogens is 283 g/mol. The fraction of sp³-hybridized carbons (Fsp3) is 0.231. The van der Waals surface area contributed by atoms with Gasteiger partial charge in [0.2, 0.25) is 0 Å². The van der Waals surface area contributed by atoms with E-state index < -0.39 is 5.82 Å². The zero-order chi connectivity index (χ0) is 14.5. The van der Waals surface area contributed by atoms with Crippen molar-refractivity contribution in [2.45, 2.75) is 6.42 Å². The van der Waals surface area contributed by atoms with E-state index in [-0.39, 0.29) is 18.1 Å². The molecule has 0 aliphatic heterocycles.